The lowest BCUT2D eigenvalue weighted by atomic mass is 10.1. The first-order chi connectivity index (χ1) is 6.38. The quantitative estimate of drug-likeness (QED) is 0.698. The summed E-state index contributed by atoms with van der Waals surface area (Å²) in [5.41, 5.74) is 6.57. The van der Waals surface area contributed by atoms with E-state index >= 15 is 0 Å². The second-order valence-corrected chi connectivity index (χ2v) is 2.64. The first-order valence-electron chi connectivity index (χ1n) is 4.22. The van der Waals surface area contributed by atoms with Gasteiger partial charge in [-0.15, -0.1) is 6.42 Å². The molecule has 0 bridgehead atoms. The van der Waals surface area contributed by atoms with Crippen molar-refractivity contribution in [2.75, 3.05) is 13.2 Å². The predicted molar refractivity (Wildman–Crippen MR) is 53.5 cm³/mol. The summed E-state index contributed by atoms with van der Waals surface area (Å²) in [4.78, 5) is 0. The molecule has 0 saturated heterocycles. The van der Waals surface area contributed by atoms with Gasteiger partial charge in [0.25, 0.3) is 0 Å². The molecule has 2 heteroatoms. The monoisotopic (exact) mass is 175 g/mol. The molecule has 0 atom stereocenters. The SMILES string of the molecule is C#CCOc1ccccc1CCN. The van der Waals surface area contributed by atoms with Crippen molar-refractivity contribution in [3.63, 3.8) is 0 Å². The average Bonchev–Trinajstić information content (AvgIpc) is 2.17. The number of hydrogen-bond donors (Lipinski definition) is 1. The fraction of sp³-hybridized carbons (Fsp3) is 0.273. The summed E-state index contributed by atoms with van der Waals surface area (Å²) < 4.78 is 5.35. The number of nitrogens with two attached hydrogens (primary N) is 1. The maximum Gasteiger partial charge on any atom is 0.148 e. The second-order valence-electron chi connectivity index (χ2n) is 2.64. The van der Waals surface area contributed by atoms with Gasteiger partial charge in [-0.3, -0.25) is 0 Å². The van der Waals surface area contributed by atoms with Crippen LogP contribution in [0.1, 0.15) is 5.56 Å². The fourth-order valence-corrected chi connectivity index (χ4v) is 1.13. The van der Waals surface area contributed by atoms with Crippen LogP contribution in [0.5, 0.6) is 5.75 Å². The average molecular weight is 175 g/mol. The van der Waals surface area contributed by atoms with Crippen molar-refractivity contribution >= 4 is 0 Å². The zero-order chi connectivity index (χ0) is 9.52. The second kappa shape index (κ2) is 5.23. The molecule has 0 unspecified atom stereocenters. The molecule has 0 heterocycles. The van der Waals surface area contributed by atoms with Gasteiger partial charge in [-0.1, -0.05) is 24.1 Å². The maximum atomic E-state index is 5.46. The van der Waals surface area contributed by atoms with Gasteiger partial charge in [-0.25, -0.2) is 0 Å². The molecule has 1 aromatic carbocycles. The Balaban J connectivity index is 2.73. The minimum absolute atomic E-state index is 0.307. The molecular weight excluding hydrogens is 162 g/mol. The van der Waals surface area contributed by atoms with Crippen LogP contribution in [0.2, 0.25) is 0 Å². The predicted octanol–water partition coefficient (Wildman–Crippen LogP) is 1.20. The lowest BCUT2D eigenvalue weighted by Gasteiger charge is -2.07. The maximum absolute atomic E-state index is 5.46. The highest BCUT2D eigenvalue weighted by atomic mass is 16.5. The highest BCUT2D eigenvalue weighted by Crippen LogP contribution is 2.17. The minimum atomic E-state index is 0.307. The van der Waals surface area contributed by atoms with E-state index in [4.69, 9.17) is 16.9 Å². The van der Waals surface area contributed by atoms with Gasteiger partial charge in [0.15, 0.2) is 0 Å². The van der Waals surface area contributed by atoms with Crippen molar-refractivity contribution in [3.05, 3.63) is 29.8 Å². The van der Waals surface area contributed by atoms with E-state index < -0.39 is 0 Å². The summed E-state index contributed by atoms with van der Waals surface area (Å²) in [6, 6.07) is 7.79. The van der Waals surface area contributed by atoms with E-state index in [0.29, 0.717) is 13.2 Å². The first-order valence-corrected chi connectivity index (χ1v) is 4.22. The zero-order valence-electron chi connectivity index (χ0n) is 7.49. The molecule has 0 aromatic heterocycles. The van der Waals surface area contributed by atoms with E-state index in [0.717, 1.165) is 17.7 Å². The summed E-state index contributed by atoms with van der Waals surface area (Å²) in [6.45, 7) is 0.929. The largest absolute Gasteiger partial charge is 0.481 e. The Hall–Kier alpha value is -1.46. The number of terminal acetylenes is 1. The molecule has 1 aromatic rings. The molecule has 2 nitrogen and oxygen atoms in total. The van der Waals surface area contributed by atoms with Gasteiger partial charge in [0.1, 0.15) is 12.4 Å². The number of benzene rings is 1. The topological polar surface area (TPSA) is 35.2 Å². The Labute approximate surface area is 78.7 Å². The van der Waals surface area contributed by atoms with E-state index in [-0.39, 0.29) is 0 Å². The summed E-state index contributed by atoms with van der Waals surface area (Å²) >= 11 is 0. The third-order valence-corrected chi connectivity index (χ3v) is 1.70. The van der Waals surface area contributed by atoms with Crippen molar-refractivity contribution in [1.82, 2.24) is 0 Å². The summed E-state index contributed by atoms with van der Waals surface area (Å²) in [6.07, 6.45) is 5.92. The van der Waals surface area contributed by atoms with E-state index in [1.54, 1.807) is 0 Å². The molecule has 0 aliphatic carbocycles. The van der Waals surface area contributed by atoms with Gasteiger partial charge >= 0.3 is 0 Å². The highest BCUT2D eigenvalue weighted by molar-refractivity contribution is 5.33. The molecule has 1 rings (SSSR count). The Bertz CT molecular complexity index is 301. The van der Waals surface area contributed by atoms with Gasteiger partial charge in [0.2, 0.25) is 0 Å². The molecule has 0 fully saturated rings. The molecule has 0 aliphatic rings. The van der Waals surface area contributed by atoms with Crippen LogP contribution in [0.25, 0.3) is 0 Å². The van der Waals surface area contributed by atoms with Gasteiger partial charge in [-0.2, -0.15) is 0 Å². The summed E-state index contributed by atoms with van der Waals surface area (Å²) in [5, 5.41) is 0. The molecule has 0 amide bonds. The normalized spacial score (nSPS) is 9.23. The van der Waals surface area contributed by atoms with E-state index in [1.165, 1.54) is 0 Å². The van der Waals surface area contributed by atoms with Crippen LogP contribution in [0.4, 0.5) is 0 Å². The van der Waals surface area contributed by atoms with E-state index in [2.05, 4.69) is 5.92 Å². The van der Waals surface area contributed by atoms with Crippen LogP contribution in [0.3, 0.4) is 0 Å². The van der Waals surface area contributed by atoms with Crippen LogP contribution < -0.4 is 10.5 Å². The van der Waals surface area contributed by atoms with E-state index in [9.17, 15) is 0 Å². The third kappa shape index (κ3) is 2.81. The Kier molecular flexibility index (Phi) is 3.87. The molecule has 0 radical (unpaired) electrons. The number of rotatable bonds is 4. The number of para-hydroxylation sites is 1. The van der Waals surface area contributed by atoms with Crippen LogP contribution in [-0.2, 0) is 6.42 Å². The van der Waals surface area contributed by atoms with Crippen molar-refractivity contribution in [2.24, 2.45) is 5.73 Å². The van der Waals surface area contributed by atoms with Crippen molar-refractivity contribution in [3.8, 4) is 18.1 Å². The van der Waals surface area contributed by atoms with Gasteiger partial charge in [-0.05, 0) is 24.6 Å². The Morgan fingerprint density at radius 2 is 2.15 bits per heavy atom. The molecule has 13 heavy (non-hydrogen) atoms. The molecule has 68 valence electrons. The van der Waals surface area contributed by atoms with Crippen LogP contribution in [0, 0.1) is 12.3 Å². The first kappa shape index (κ1) is 9.63. The minimum Gasteiger partial charge on any atom is -0.481 e. The fourth-order valence-electron chi connectivity index (χ4n) is 1.13. The lowest BCUT2D eigenvalue weighted by molar-refractivity contribution is 0.366. The Morgan fingerprint density at radius 1 is 1.38 bits per heavy atom. The molecule has 0 aliphatic heterocycles. The smallest absolute Gasteiger partial charge is 0.148 e. The molecular formula is C11H13NO. The Morgan fingerprint density at radius 3 is 2.85 bits per heavy atom. The molecule has 0 spiro atoms. The zero-order valence-corrected chi connectivity index (χ0v) is 7.49. The third-order valence-electron chi connectivity index (χ3n) is 1.70. The lowest BCUT2D eigenvalue weighted by Crippen LogP contribution is -2.05. The molecule has 0 saturated carbocycles. The number of hydrogen-bond acceptors (Lipinski definition) is 2. The summed E-state index contributed by atoms with van der Waals surface area (Å²) in [5.74, 6) is 3.27. The van der Waals surface area contributed by atoms with Crippen LogP contribution in [-0.4, -0.2) is 13.2 Å². The van der Waals surface area contributed by atoms with Gasteiger partial charge in [0, 0.05) is 0 Å². The highest BCUT2D eigenvalue weighted by Gasteiger charge is 1.99. The van der Waals surface area contributed by atoms with Crippen molar-refractivity contribution < 1.29 is 4.74 Å². The van der Waals surface area contributed by atoms with Crippen LogP contribution >= 0.6 is 0 Å². The number of ether oxygens (including phenoxy) is 1. The van der Waals surface area contributed by atoms with E-state index in [1.807, 2.05) is 24.3 Å². The van der Waals surface area contributed by atoms with Crippen LogP contribution in [0.15, 0.2) is 24.3 Å². The van der Waals surface area contributed by atoms with Gasteiger partial charge < -0.3 is 10.5 Å². The van der Waals surface area contributed by atoms with Gasteiger partial charge in [0.05, 0.1) is 0 Å². The standard InChI is InChI=1S/C11H13NO/c1-2-9-13-11-6-4-3-5-10(11)7-8-12/h1,3-6H,7-9,12H2. The van der Waals surface area contributed by atoms with Crippen molar-refractivity contribution in [2.45, 2.75) is 6.42 Å². The molecule has 2 N–H and O–H groups in total. The van der Waals surface area contributed by atoms with Crippen molar-refractivity contribution in [1.29, 1.82) is 0 Å². The summed E-state index contributed by atoms with van der Waals surface area (Å²) in [7, 11) is 0.